The molecule has 0 saturated carbocycles. The molecule has 4 aromatic rings. The van der Waals surface area contributed by atoms with E-state index in [0.29, 0.717) is 53.7 Å². The Morgan fingerprint density at radius 3 is 2.85 bits per heavy atom. The fourth-order valence-corrected chi connectivity index (χ4v) is 9.20. The number of anilines is 1. The van der Waals surface area contributed by atoms with Crippen molar-refractivity contribution in [3.63, 3.8) is 0 Å². The number of piperazine rings is 1. The number of nitrogens with one attached hydrogen (secondary N) is 1. The zero-order valence-corrected chi connectivity index (χ0v) is 26.3. The van der Waals surface area contributed by atoms with Gasteiger partial charge in [0.1, 0.15) is 47.2 Å². The van der Waals surface area contributed by atoms with E-state index in [0.717, 1.165) is 45.1 Å². The molecule has 0 radical (unpaired) electrons. The van der Waals surface area contributed by atoms with Gasteiger partial charge in [-0.2, -0.15) is 9.97 Å². The molecule has 0 aliphatic carbocycles. The van der Waals surface area contributed by atoms with Crippen molar-refractivity contribution >= 4 is 27.5 Å². The number of aliphatic hydroxyl groups excluding tert-OH is 1. The van der Waals surface area contributed by atoms with Crippen LogP contribution in [0.15, 0.2) is 24.3 Å². The SMILES string of the molecule is CCc1c(F)ccc2cc(O)cc(-c3nc4c5c(nc(OCC67CCCN6C(CO)CC7)nc5c3F)N3C[C@H]5CC[C@H](N5)[C@H]3CO4)c12. The Morgan fingerprint density at radius 1 is 1.11 bits per heavy atom. The summed E-state index contributed by atoms with van der Waals surface area (Å²) in [6.45, 7) is 4.21. The van der Waals surface area contributed by atoms with Crippen molar-refractivity contribution in [1.29, 1.82) is 0 Å². The Morgan fingerprint density at radius 2 is 2.00 bits per heavy atom. The lowest BCUT2D eigenvalue weighted by atomic mass is 9.94. The molecule has 47 heavy (non-hydrogen) atoms. The average Bonchev–Trinajstić information content (AvgIpc) is 3.74. The fourth-order valence-electron chi connectivity index (χ4n) is 9.20. The molecule has 2 aromatic heterocycles. The number of phenols is 1. The smallest absolute Gasteiger partial charge is 0.319 e. The van der Waals surface area contributed by atoms with Crippen LogP contribution in [0.4, 0.5) is 14.6 Å². The van der Waals surface area contributed by atoms with Crippen LogP contribution < -0.4 is 19.7 Å². The zero-order chi connectivity index (χ0) is 32.0. The molecule has 2 aromatic carbocycles. The van der Waals surface area contributed by atoms with E-state index in [2.05, 4.69) is 15.1 Å². The number of aryl methyl sites for hydroxylation is 1. The highest BCUT2D eigenvalue weighted by atomic mass is 19.1. The first-order valence-electron chi connectivity index (χ1n) is 16.9. The first-order chi connectivity index (χ1) is 22.9. The maximum Gasteiger partial charge on any atom is 0.319 e. The van der Waals surface area contributed by atoms with Crippen LogP contribution >= 0.6 is 0 Å². The number of phenolic OH excluding ortho intramolecular Hbond substituents is 1. The molecule has 5 aliphatic heterocycles. The Bertz CT molecular complexity index is 1930. The molecule has 7 heterocycles. The van der Waals surface area contributed by atoms with Crippen LogP contribution in [-0.2, 0) is 6.42 Å². The van der Waals surface area contributed by atoms with Gasteiger partial charge in [-0.25, -0.2) is 13.8 Å². The van der Waals surface area contributed by atoms with Crippen LogP contribution in [0.1, 0.15) is 51.0 Å². The second kappa shape index (κ2) is 10.8. The van der Waals surface area contributed by atoms with E-state index in [1.165, 1.54) is 12.1 Å². The molecular formula is C35H38F2N6O4. The van der Waals surface area contributed by atoms with Crippen LogP contribution in [0.3, 0.4) is 0 Å². The van der Waals surface area contributed by atoms with Gasteiger partial charge >= 0.3 is 6.01 Å². The quantitative estimate of drug-likeness (QED) is 0.278. The van der Waals surface area contributed by atoms with Crippen LogP contribution in [-0.4, -0.2) is 92.7 Å². The maximum atomic E-state index is 17.1. The minimum absolute atomic E-state index is 0.0166. The number of aromatic nitrogens is 3. The van der Waals surface area contributed by atoms with Crippen molar-refractivity contribution in [3.05, 3.63) is 41.5 Å². The summed E-state index contributed by atoms with van der Waals surface area (Å²) in [5.41, 5.74) is 0.403. The number of benzene rings is 2. The summed E-state index contributed by atoms with van der Waals surface area (Å²) in [6.07, 6.45) is 6.19. The van der Waals surface area contributed by atoms with Gasteiger partial charge in [-0.3, -0.25) is 4.90 Å². The Labute approximate surface area is 270 Å². The molecule has 2 unspecified atom stereocenters. The zero-order valence-electron chi connectivity index (χ0n) is 26.3. The summed E-state index contributed by atoms with van der Waals surface area (Å²) in [4.78, 5) is 19.0. The van der Waals surface area contributed by atoms with Gasteiger partial charge in [0.15, 0.2) is 5.82 Å². The normalized spacial score (nSPS) is 28.0. The van der Waals surface area contributed by atoms with Gasteiger partial charge in [0.2, 0.25) is 5.88 Å². The van der Waals surface area contributed by atoms with Gasteiger partial charge in [0.25, 0.3) is 0 Å². The molecule has 4 saturated heterocycles. The third kappa shape index (κ3) is 4.40. The number of hydrogen-bond donors (Lipinski definition) is 3. The lowest BCUT2D eigenvalue weighted by Gasteiger charge is -2.40. The second-order valence-corrected chi connectivity index (χ2v) is 13.9. The average molecular weight is 645 g/mol. The fraction of sp³-hybridized carbons (Fsp3) is 0.514. The maximum absolute atomic E-state index is 17.1. The summed E-state index contributed by atoms with van der Waals surface area (Å²) in [6, 6.07) is 6.54. The van der Waals surface area contributed by atoms with Crippen molar-refractivity contribution in [1.82, 2.24) is 25.2 Å². The van der Waals surface area contributed by atoms with Crippen molar-refractivity contribution < 1.29 is 28.5 Å². The van der Waals surface area contributed by atoms with Gasteiger partial charge in [0, 0.05) is 30.2 Å². The van der Waals surface area contributed by atoms with E-state index in [9.17, 15) is 10.2 Å². The second-order valence-electron chi connectivity index (χ2n) is 13.9. The Hall–Kier alpha value is -3.87. The summed E-state index contributed by atoms with van der Waals surface area (Å²) in [5, 5.41) is 25.8. The summed E-state index contributed by atoms with van der Waals surface area (Å²) >= 11 is 0. The van der Waals surface area contributed by atoms with Crippen molar-refractivity contribution in [2.75, 3.05) is 37.8 Å². The van der Waals surface area contributed by atoms with E-state index < -0.39 is 11.6 Å². The molecule has 0 spiro atoms. The van der Waals surface area contributed by atoms with Crippen LogP contribution in [0, 0.1) is 11.6 Å². The molecule has 2 bridgehead atoms. The van der Waals surface area contributed by atoms with Crippen molar-refractivity contribution in [2.45, 2.75) is 81.6 Å². The molecule has 0 amide bonds. The predicted octanol–water partition coefficient (Wildman–Crippen LogP) is 4.46. The summed E-state index contributed by atoms with van der Waals surface area (Å²) in [5.74, 6) is -0.453. The molecule has 246 valence electrons. The first kappa shape index (κ1) is 29.3. The molecule has 3 N–H and O–H groups in total. The highest BCUT2D eigenvalue weighted by molar-refractivity contribution is 6.03. The minimum Gasteiger partial charge on any atom is -0.508 e. The van der Waals surface area contributed by atoms with Gasteiger partial charge in [-0.05, 0) is 86.0 Å². The predicted molar refractivity (Wildman–Crippen MR) is 172 cm³/mol. The van der Waals surface area contributed by atoms with Crippen molar-refractivity contribution in [2.24, 2.45) is 0 Å². The van der Waals surface area contributed by atoms with E-state index >= 15 is 8.78 Å². The first-order valence-corrected chi connectivity index (χ1v) is 16.9. The lowest BCUT2D eigenvalue weighted by molar-refractivity contribution is 0.0644. The van der Waals surface area contributed by atoms with Crippen molar-refractivity contribution in [3.8, 4) is 28.9 Å². The highest BCUT2D eigenvalue weighted by Gasteiger charge is 2.50. The number of fused-ring (bicyclic) bond motifs is 7. The van der Waals surface area contributed by atoms with E-state index in [1.54, 1.807) is 12.1 Å². The van der Waals surface area contributed by atoms with Gasteiger partial charge in [-0.1, -0.05) is 13.0 Å². The number of ether oxygens (including phenoxy) is 2. The largest absolute Gasteiger partial charge is 0.508 e. The van der Waals surface area contributed by atoms with Crippen LogP contribution in [0.2, 0.25) is 0 Å². The topological polar surface area (TPSA) is 116 Å². The third-order valence-electron chi connectivity index (χ3n) is 11.4. The monoisotopic (exact) mass is 644 g/mol. The number of aliphatic hydroxyl groups is 1. The summed E-state index contributed by atoms with van der Waals surface area (Å²) < 4.78 is 45.1. The van der Waals surface area contributed by atoms with Gasteiger partial charge in [-0.15, -0.1) is 0 Å². The molecule has 5 aliphatic rings. The van der Waals surface area contributed by atoms with Gasteiger partial charge < -0.3 is 29.9 Å². The third-order valence-corrected chi connectivity index (χ3v) is 11.4. The Balaban J connectivity index is 1.23. The van der Waals surface area contributed by atoms with Crippen LogP contribution in [0.25, 0.3) is 32.9 Å². The molecule has 12 heteroatoms. The number of hydrogen-bond acceptors (Lipinski definition) is 10. The molecule has 9 rings (SSSR count). The van der Waals surface area contributed by atoms with Crippen LogP contribution in [0.5, 0.6) is 17.6 Å². The summed E-state index contributed by atoms with van der Waals surface area (Å²) in [7, 11) is 0. The Kier molecular flexibility index (Phi) is 6.75. The minimum atomic E-state index is -0.711. The molecule has 5 atom stereocenters. The van der Waals surface area contributed by atoms with E-state index in [-0.39, 0.29) is 70.7 Å². The number of pyridine rings is 1. The van der Waals surface area contributed by atoms with E-state index in [4.69, 9.17) is 24.4 Å². The van der Waals surface area contributed by atoms with E-state index in [1.807, 2.05) is 6.92 Å². The molecule has 10 nitrogen and oxygen atoms in total. The lowest BCUT2D eigenvalue weighted by Crippen LogP contribution is -2.60. The standard InChI is InChI=1S/C35H38F2N6O4/c1-2-22-24(36)6-4-18-12-21(45)13-23(27(18)22)30-29(37)31-28-32(42-14-19-5-7-25(38-19)26(42)16-46-33(28)39-30)41-34(40-31)47-17-35-9-3-11-43(35)20(15-44)8-10-35/h4,6,12-13,19-20,25-26,38,44-45H,2-3,5,7-11,14-17H2,1H3/t19-,20?,25+,26-,35?/m1/s1. The number of nitrogens with zero attached hydrogens (tertiary/aromatic N) is 5. The number of halogens is 2. The highest BCUT2D eigenvalue weighted by Crippen LogP contribution is 2.46. The molecule has 4 fully saturated rings. The molecular weight excluding hydrogens is 606 g/mol. The number of rotatable bonds is 6. The number of aromatic hydroxyl groups is 1. The van der Waals surface area contributed by atoms with Gasteiger partial charge in [0.05, 0.1) is 18.2 Å².